The van der Waals surface area contributed by atoms with Crippen molar-refractivity contribution in [2.45, 2.75) is 19.8 Å². The number of nitrogens with zero attached hydrogens (tertiary/aromatic N) is 2. The summed E-state index contributed by atoms with van der Waals surface area (Å²) in [6.07, 6.45) is 1.75. The number of hydrogen-bond donors (Lipinski definition) is 0. The monoisotopic (exact) mass is 214 g/mol. The van der Waals surface area contributed by atoms with Crippen LogP contribution >= 0.6 is 23.2 Å². The molecule has 1 aromatic heterocycles. The van der Waals surface area contributed by atoms with Crippen molar-refractivity contribution in [3.05, 3.63) is 27.5 Å². The lowest BCUT2D eigenvalue weighted by molar-refractivity contribution is 0.914. The van der Waals surface area contributed by atoms with Crippen molar-refractivity contribution < 1.29 is 0 Å². The molecule has 0 fully saturated rings. The standard InChI is InChI=1S/C9H8Cl2N2/c1-2-3-6-4-8(10)13-9(11)7(6)5-12/h4H,2-3H2,1H3. The van der Waals surface area contributed by atoms with E-state index in [1.165, 1.54) is 0 Å². The molecule has 0 aliphatic carbocycles. The second-order valence-corrected chi connectivity index (χ2v) is 3.38. The van der Waals surface area contributed by atoms with E-state index in [0.717, 1.165) is 18.4 Å². The fourth-order valence-corrected chi connectivity index (χ4v) is 1.63. The Bertz CT molecular complexity index is 355. The third-order valence-corrected chi connectivity index (χ3v) is 2.12. The van der Waals surface area contributed by atoms with Gasteiger partial charge in [-0.2, -0.15) is 5.26 Å². The van der Waals surface area contributed by atoms with Gasteiger partial charge in [0.25, 0.3) is 0 Å². The lowest BCUT2D eigenvalue weighted by Crippen LogP contribution is -1.93. The summed E-state index contributed by atoms with van der Waals surface area (Å²) < 4.78 is 0. The highest BCUT2D eigenvalue weighted by Gasteiger charge is 2.08. The number of aryl methyl sites for hydroxylation is 1. The SMILES string of the molecule is CCCc1cc(Cl)nc(Cl)c1C#N. The average molecular weight is 215 g/mol. The van der Waals surface area contributed by atoms with Crippen LogP contribution in [0.3, 0.4) is 0 Å². The third kappa shape index (κ3) is 2.33. The van der Waals surface area contributed by atoms with E-state index in [4.69, 9.17) is 28.5 Å². The molecule has 1 heterocycles. The highest BCUT2D eigenvalue weighted by molar-refractivity contribution is 6.33. The van der Waals surface area contributed by atoms with Gasteiger partial charge in [0, 0.05) is 0 Å². The highest BCUT2D eigenvalue weighted by atomic mass is 35.5. The van der Waals surface area contributed by atoms with Crippen molar-refractivity contribution in [3.63, 3.8) is 0 Å². The molecular weight excluding hydrogens is 207 g/mol. The number of pyridine rings is 1. The summed E-state index contributed by atoms with van der Waals surface area (Å²) in [7, 11) is 0. The van der Waals surface area contributed by atoms with E-state index >= 15 is 0 Å². The highest BCUT2D eigenvalue weighted by Crippen LogP contribution is 2.21. The Hall–Kier alpha value is -0.780. The largest absolute Gasteiger partial charge is 0.223 e. The molecule has 13 heavy (non-hydrogen) atoms. The van der Waals surface area contributed by atoms with E-state index in [0.29, 0.717) is 10.7 Å². The Kier molecular flexibility index (Phi) is 3.53. The fraction of sp³-hybridized carbons (Fsp3) is 0.333. The van der Waals surface area contributed by atoms with Crippen molar-refractivity contribution in [2.75, 3.05) is 0 Å². The molecular formula is C9H8Cl2N2. The third-order valence-electron chi connectivity index (χ3n) is 1.66. The van der Waals surface area contributed by atoms with Gasteiger partial charge in [-0.15, -0.1) is 0 Å². The first-order valence-corrected chi connectivity index (χ1v) is 4.69. The maximum Gasteiger partial charge on any atom is 0.148 e. The summed E-state index contributed by atoms with van der Waals surface area (Å²) in [5.41, 5.74) is 1.31. The molecule has 0 aliphatic heterocycles. The van der Waals surface area contributed by atoms with E-state index in [2.05, 4.69) is 4.98 Å². The Morgan fingerprint density at radius 3 is 2.77 bits per heavy atom. The number of halogens is 2. The minimum Gasteiger partial charge on any atom is -0.223 e. The zero-order valence-electron chi connectivity index (χ0n) is 7.14. The summed E-state index contributed by atoms with van der Waals surface area (Å²) in [4.78, 5) is 3.80. The molecule has 68 valence electrons. The molecule has 0 aliphatic rings. The molecule has 0 amide bonds. The molecule has 0 N–H and O–H groups in total. The molecule has 0 unspecified atom stereocenters. The molecule has 2 nitrogen and oxygen atoms in total. The van der Waals surface area contributed by atoms with Gasteiger partial charge in [-0.3, -0.25) is 0 Å². The first-order valence-electron chi connectivity index (χ1n) is 3.94. The van der Waals surface area contributed by atoms with Crippen LogP contribution in [-0.2, 0) is 6.42 Å². The predicted octanol–water partition coefficient (Wildman–Crippen LogP) is 3.21. The van der Waals surface area contributed by atoms with E-state index in [1.54, 1.807) is 6.07 Å². The van der Waals surface area contributed by atoms with Crippen LogP contribution in [0.15, 0.2) is 6.07 Å². The number of aromatic nitrogens is 1. The van der Waals surface area contributed by atoms with Crippen LogP contribution in [0.1, 0.15) is 24.5 Å². The first kappa shape index (κ1) is 10.3. The lowest BCUT2D eigenvalue weighted by Gasteiger charge is -2.03. The maximum atomic E-state index is 8.80. The zero-order chi connectivity index (χ0) is 9.84. The Morgan fingerprint density at radius 1 is 1.54 bits per heavy atom. The van der Waals surface area contributed by atoms with Gasteiger partial charge in [-0.05, 0) is 18.1 Å². The maximum absolute atomic E-state index is 8.80. The smallest absolute Gasteiger partial charge is 0.148 e. The topological polar surface area (TPSA) is 36.7 Å². The molecule has 1 rings (SSSR count). The second kappa shape index (κ2) is 4.45. The molecule has 0 spiro atoms. The van der Waals surface area contributed by atoms with Gasteiger partial charge in [0.2, 0.25) is 0 Å². The summed E-state index contributed by atoms with van der Waals surface area (Å²) in [6, 6.07) is 3.71. The van der Waals surface area contributed by atoms with Gasteiger partial charge in [0.1, 0.15) is 16.4 Å². The second-order valence-electron chi connectivity index (χ2n) is 2.63. The molecule has 0 aromatic carbocycles. The van der Waals surface area contributed by atoms with E-state index in [1.807, 2.05) is 13.0 Å². The first-order chi connectivity index (χ1) is 6.19. The van der Waals surface area contributed by atoms with Crippen molar-refractivity contribution >= 4 is 23.2 Å². The van der Waals surface area contributed by atoms with Gasteiger partial charge >= 0.3 is 0 Å². The van der Waals surface area contributed by atoms with Crippen LogP contribution in [-0.4, -0.2) is 4.98 Å². The molecule has 0 saturated carbocycles. The summed E-state index contributed by atoms with van der Waals surface area (Å²) in [5.74, 6) is 0. The molecule has 1 aromatic rings. The summed E-state index contributed by atoms with van der Waals surface area (Å²) in [5, 5.41) is 9.33. The van der Waals surface area contributed by atoms with Crippen molar-refractivity contribution in [1.29, 1.82) is 5.26 Å². The van der Waals surface area contributed by atoms with Crippen LogP contribution < -0.4 is 0 Å². The lowest BCUT2D eigenvalue weighted by atomic mass is 10.1. The fourth-order valence-electron chi connectivity index (χ4n) is 1.11. The van der Waals surface area contributed by atoms with E-state index in [9.17, 15) is 0 Å². The van der Waals surface area contributed by atoms with Crippen molar-refractivity contribution in [3.8, 4) is 6.07 Å². The molecule has 4 heteroatoms. The Morgan fingerprint density at radius 2 is 2.23 bits per heavy atom. The van der Waals surface area contributed by atoms with E-state index < -0.39 is 0 Å². The Balaban J connectivity index is 3.23. The molecule has 0 radical (unpaired) electrons. The van der Waals surface area contributed by atoms with Gasteiger partial charge in [-0.1, -0.05) is 36.5 Å². The molecule has 0 bridgehead atoms. The van der Waals surface area contributed by atoms with Gasteiger partial charge in [0.15, 0.2) is 0 Å². The Labute approximate surface area is 87.1 Å². The van der Waals surface area contributed by atoms with Gasteiger partial charge in [0.05, 0.1) is 5.56 Å². The zero-order valence-corrected chi connectivity index (χ0v) is 8.65. The number of nitriles is 1. The molecule has 0 saturated heterocycles. The average Bonchev–Trinajstić information content (AvgIpc) is 2.04. The summed E-state index contributed by atoms with van der Waals surface area (Å²) >= 11 is 11.5. The minimum absolute atomic E-state index is 0.193. The van der Waals surface area contributed by atoms with Crippen LogP contribution in [0.25, 0.3) is 0 Å². The van der Waals surface area contributed by atoms with Crippen LogP contribution in [0.2, 0.25) is 10.3 Å². The molecule has 0 atom stereocenters. The van der Waals surface area contributed by atoms with Crippen molar-refractivity contribution in [2.24, 2.45) is 0 Å². The van der Waals surface area contributed by atoms with Gasteiger partial charge in [-0.25, -0.2) is 4.98 Å². The van der Waals surface area contributed by atoms with Crippen LogP contribution in [0.5, 0.6) is 0 Å². The van der Waals surface area contributed by atoms with Crippen LogP contribution in [0.4, 0.5) is 0 Å². The summed E-state index contributed by atoms with van der Waals surface area (Å²) in [6.45, 7) is 2.03. The minimum atomic E-state index is 0.193. The van der Waals surface area contributed by atoms with Crippen LogP contribution in [0, 0.1) is 11.3 Å². The van der Waals surface area contributed by atoms with Crippen molar-refractivity contribution in [1.82, 2.24) is 4.98 Å². The quantitative estimate of drug-likeness (QED) is 0.710. The number of rotatable bonds is 2. The van der Waals surface area contributed by atoms with E-state index in [-0.39, 0.29) is 5.15 Å². The van der Waals surface area contributed by atoms with Gasteiger partial charge < -0.3 is 0 Å². The predicted molar refractivity (Wildman–Crippen MR) is 53.0 cm³/mol. The normalized spacial score (nSPS) is 9.69. The number of hydrogen-bond acceptors (Lipinski definition) is 2.